The van der Waals surface area contributed by atoms with E-state index in [0.29, 0.717) is 24.6 Å². The van der Waals surface area contributed by atoms with Crippen LogP contribution in [0.25, 0.3) is 0 Å². The Balaban J connectivity index is 1.70. The molecule has 1 aliphatic rings. The number of benzene rings is 1. The Morgan fingerprint density at radius 2 is 2.08 bits per heavy atom. The van der Waals surface area contributed by atoms with Gasteiger partial charge in [0.2, 0.25) is 5.91 Å². The van der Waals surface area contributed by atoms with E-state index in [-0.39, 0.29) is 17.4 Å². The van der Waals surface area contributed by atoms with E-state index in [1.54, 1.807) is 36.1 Å². The van der Waals surface area contributed by atoms with E-state index in [9.17, 15) is 13.2 Å². The number of amides is 1. The number of nitrogens with zero attached hydrogens (tertiary/aromatic N) is 2. The quantitative estimate of drug-likeness (QED) is 0.786. The van der Waals surface area contributed by atoms with E-state index < -0.39 is 15.9 Å². The molecule has 0 radical (unpaired) electrons. The molecule has 0 spiro atoms. The van der Waals surface area contributed by atoms with Gasteiger partial charge in [-0.15, -0.1) is 0 Å². The van der Waals surface area contributed by atoms with Crippen LogP contribution in [0.5, 0.6) is 0 Å². The van der Waals surface area contributed by atoms with Crippen LogP contribution in [0.15, 0.2) is 41.4 Å². The van der Waals surface area contributed by atoms with Crippen LogP contribution in [-0.4, -0.2) is 44.4 Å². The van der Waals surface area contributed by atoms with Crippen molar-refractivity contribution in [2.75, 3.05) is 25.6 Å². The standard InChI is InChI=1S/C17H22N4O4S/c1-18-13-3-2-4-16(11-13)26(23,24)20-17(22)12-15-5-8-19-21(15)14-6-9-25-10-7-14/h2-5,8,11,14,18H,6-7,9-10,12H2,1H3,(H,20,22). The number of nitrogens with one attached hydrogen (secondary N) is 2. The number of carbonyl (C=O) groups excluding carboxylic acids is 1. The lowest BCUT2D eigenvalue weighted by Gasteiger charge is -2.24. The fraction of sp³-hybridized carbons (Fsp3) is 0.412. The largest absolute Gasteiger partial charge is 0.388 e. The first-order valence-corrected chi connectivity index (χ1v) is 9.91. The summed E-state index contributed by atoms with van der Waals surface area (Å²) in [6, 6.07) is 8.19. The molecule has 1 aliphatic heterocycles. The first kappa shape index (κ1) is 18.4. The van der Waals surface area contributed by atoms with E-state index in [1.165, 1.54) is 12.1 Å². The third kappa shape index (κ3) is 4.23. The van der Waals surface area contributed by atoms with Crippen LogP contribution in [0.3, 0.4) is 0 Å². The Labute approximate surface area is 152 Å². The molecule has 2 N–H and O–H groups in total. The molecule has 1 fully saturated rings. The molecular weight excluding hydrogens is 356 g/mol. The molecule has 1 amide bonds. The van der Waals surface area contributed by atoms with Gasteiger partial charge in [0.25, 0.3) is 10.0 Å². The fourth-order valence-electron chi connectivity index (χ4n) is 2.97. The highest BCUT2D eigenvalue weighted by atomic mass is 32.2. The minimum atomic E-state index is -3.92. The number of hydrogen-bond acceptors (Lipinski definition) is 6. The monoisotopic (exact) mass is 378 g/mol. The van der Waals surface area contributed by atoms with E-state index in [1.807, 2.05) is 0 Å². The molecule has 140 valence electrons. The second-order valence-electron chi connectivity index (χ2n) is 6.09. The Bertz CT molecular complexity index is 872. The molecule has 8 nitrogen and oxygen atoms in total. The summed E-state index contributed by atoms with van der Waals surface area (Å²) >= 11 is 0. The highest BCUT2D eigenvalue weighted by molar-refractivity contribution is 7.90. The predicted octanol–water partition coefficient (Wildman–Crippen LogP) is 1.32. The number of aromatic nitrogens is 2. The van der Waals surface area contributed by atoms with E-state index >= 15 is 0 Å². The summed E-state index contributed by atoms with van der Waals surface area (Å²) in [6.07, 6.45) is 3.22. The molecule has 0 unspecified atom stereocenters. The van der Waals surface area contributed by atoms with Gasteiger partial charge >= 0.3 is 0 Å². The normalized spacial score (nSPS) is 15.6. The zero-order chi connectivity index (χ0) is 18.6. The first-order valence-electron chi connectivity index (χ1n) is 8.43. The average molecular weight is 378 g/mol. The summed E-state index contributed by atoms with van der Waals surface area (Å²) in [5.74, 6) is -0.589. The molecule has 1 saturated heterocycles. The Morgan fingerprint density at radius 1 is 1.31 bits per heavy atom. The summed E-state index contributed by atoms with van der Waals surface area (Å²) < 4.78 is 34.1. The maximum atomic E-state index is 12.4. The second kappa shape index (κ2) is 7.88. The number of rotatable bonds is 6. The number of carbonyl (C=O) groups is 1. The zero-order valence-electron chi connectivity index (χ0n) is 14.5. The Kier molecular flexibility index (Phi) is 5.58. The van der Waals surface area contributed by atoms with E-state index in [0.717, 1.165) is 12.8 Å². The van der Waals surface area contributed by atoms with Gasteiger partial charge in [-0.3, -0.25) is 9.48 Å². The van der Waals surface area contributed by atoms with Crippen molar-refractivity contribution in [3.63, 3.8) is 0 Å². The van der Waals surface area contributed by atoms with Crippen molar-refractivity contribution in [2.45, 2.75) is 30.2 Å². The van der Waals surface area contributed by atoms with Crippen molar-refractivity contribution in [1.82, 2.24) is 14.5 Å². The summed E-state index contributed by atoms with van der Waals surface area (Å²) in [7, 11) is -2.23. The van der Waals surface area contributed by atoms with Crippen LogP contribution < -0.4 is 10.0 Å². The number of ether oxygens (including phenoxy) is 1. The van der Waals surface area contributed by atoms with Gasteiger partial charge in [-0.05, 0) is 37.1 Å². The Hall–Kier alpha value is -2.39. The van der Waals surface area contributed by atoms with Crippen molar-refractivity contribution < 1.29 is 17.9 Å². The summed E-state index contributed by atoms with van der Waals surface area (Å²) in [6.45, 7) is 1.32. The van der Waals surface area contributed by atoms with Crippen molar-refractivity contribution >= 4 is 21.6 Å². The molecule has 2 aromatic rings. The van der Waals surface area contributed by atoms with E-state index in [2.05, 4.69) is 15.1 Å². The van der Waals surface area contributed by atoms with Gasteiger partial charge < -0.3 is 10.1 Å². The van der Waals surface area contributed by atoms with Crippen LogP contribution >= 0.6 is 0 Å². The third-order valence-corrected chi connectivity index (χ3v) is 5.68. The molecule has 0 saturated carbocycles. The van der Waals surface area contributed by atoms with Crippen LogP contribution in [0.1, 0.15) is 24.6 Å². The third-order valence-electron chi connectivity index (χ3n) is 4.31. The maximum Gasteiger partial charge on any atom is 0.264 e. The van der Waals surface area contributed by atoms with Gasteiger partial charge in [0.1, 0.15) is 0 Å². The number of hydrogen-bond donors (Lipinski definition) is 2. The molecule has 1 aromatic carbocycles. The highest BCUT2D eigenvalue weighted by Gasteiger charge is 2.22. The van der Waals surface area contributed by atoms with Gasteiger partial charge in [-0.25, -0.2) is 13.1 Å². The molecule has 0 atom stereocenters. The molecule has 0 aliphatic carbocycles. The van der Waals surface area contributed by atoms with Crippen molar-refractivity contribution in [3.8, 4) is 0 Å². The van der Waals surface area contributed by atoms with Crippen molar-refractivity contribution in [1.29, 1.82) is 0 Å². The lowest BCUT2D eigenvalue weighted by Crippen LogP contribution is -2.33. The first-order chi connectivity index (χ1) is 12.5. The van der Waals surface area contributed by atoms with Crippen LogP contribution in [-0.2, 0) is 26.0 Å². The topological polar surface area (TPSA) is 102 Å². The average Bonchev–Trinajstić information content (AvgIpc) is 3.10. The molecule has 9 heteroatoms. The Morgan fingerprint density at radius 3 is 2.81 bits per heavy atom. The highest BCUT2D eigenvalue weighted by Crippen LogP contribution is 2.22. The molecular formula is C17H22N4O4S. The summed E-state index contributed by atoms with van der Waals surface area (Å²) in [4.78, 5) is 12.4. The number of sulfonamides is 1. The maximum absolute atomic E-state index is 12.4. The van der Waals surface area contributed by atoms with Crippen LogP contribution in [0.2, 0.25) is 0 Å². The van der Waals surface area contributed by atoms with Crippen molar-refractivity contribution in [2.24, 2.45) is 0 Å². The van der Waals surface area contributed by atoms with Gasteiger partial charge in [0, 0.05) is 37.8 Å². The molecule has 1 aromatic heterocycles. The van der Waals surface area contributed by atoms with Crippen LogP contribution in [0.4, 0.5) is 5.69 Å². The van der Waals surface area contributed by atoms with Gasteiger partial charge in [0.05, 0.1) is 17.4 Å². The molecule has 3 rings (SSSR count). The van der Waals surface area contributed by atoms with Crippen LogP contribution in [0, 0.1) is 0 Å². The number of anilines is 1. The lowest BCUT2D eigenvalue weighted by atomic mass is 10.1. The zero-order valence-corrected chi connectivity index (χ0v) is 15.3. The summed E-state index contributed by atoms with van der Waals surface area (Å²) in [5, 5.41) is 7.17. The van der Waals surface area contributed by atoms with Gasteiger partial charge in [-0.1, -0.05) is 6.07 Å². The smallest absolute Gasteiger partial charge is 0.264 e. The predicted molar refractivity (Wildman–Crippen MR) is 96.3 cm³/mol. The molecule has 0 bridgehead atoms. The minimum absolute atomic E-state index is 0.0376. The van der Waals surface area contributed by atoms with E-state index in [4.69, 9.17) is 4.74 Å². The summed E-state index contributed by atoms with van der Waals surface area (Å²) in [5.41, 5.74) is 1.34. The van der Waals surface area contributed by atoms with Crippen molar-refractivity contribution in [3.05, 3.63) is 42.2 Å². The SMILES string of the molecule is CNc1cccc(S(=O)(=O)NC(=O)Cc2ccnn2C2CCOCC2)c1. The lowest BCUT2D eigenvalue weighted by molar-refractivity contribution is -0.118. The minimum Gasteiger partial charge on any atom is -0.388 e. The second-order valence-corrected chi connectivity index (χ2v) is 7.78. The van der Waals surface area contributed by atoms with Gasteiger partial charge in [0.15, 0.2) is 0 Å². The van der Waals surface area contributed by atoms with Gasteiger partial charge in [-0.2, -0.15) is 5.10 Å². The molecule has 26 heavy (non-hydrogen) atoms. The molecule has 2 heterocycles. The fourth-order valence-corrected chi connectivity index (χ4v) is 4.00.